The van der Waals surface area contributed by atoms with Gasteiger partial charge in [-0.25, -0.2) is 0 Å². The molecule has 0 radical (unpaired) electrons. The Bertz CT molecular complexity index is 184. The molecule has 3 N–H and O–H groups in total. The van der Waals surface area contributed by atoms with Gasteiger partial charge in [-0.05, 0) is 19.4 Å². The minimum absolute atomic E-state index is 0.000267. The summed E-state index contributed by atoms with van der Waals surface area (Å²) in [7, 11) is 0. The molecule has 1 rings (SSSR count). The van der Waals surface area contributed by atoms with E-state index in [9.17, 15) is 4.79 Å². The van der Waals surface area contributed by atoms with Crippen molar-refractivity contribution in [3.05, 3.63) is 0 Å². The van der Waals surface area contributed by atoms with Crippen molar-refractivity contribution in [3.63, 3.8) is 0 Å². The molecule has 0 aromatic heterocycles. The molecule has 3 atom stereocenters. The lowest BCUT2D eigenvalue weighted by Gasteiger charge is -2.17. The van der Waals surface area contributed by atoms with Crippen molar-refractivity contribution in [2.24, 2.45) is 11.8 Å². The Morgan fingerprint density at radius 2 is 2.38 bits per heavy atom. The molecule has 13 heavy (non-hydrogen) atoms. The molecule has 1 heterocycles. The molecule has 0 aliphatic carbocycles. The minimum atomic E-state index is -0.139. The monoisotopic (exact) mass is 186 g/mol. The molecule has 1 aliphatic heterocycles. The van der Waals surface area contributed by atoms with Crippen LogP contribution in [-0.4, -0.2) is 36.8 Å². The molecule has 0 unspecified atom stereocenters. The second-order valence-corrected chi connectivity index (χ2v) is 3.83. The highest BCUT2D eigenvalue weighted by Gasteiger charge is 2.29. The van der Waals surface area contributed by atoms with E-state index >= 15 is 0 Å². The zero-order valence-corrected chi connectivity index (χ0v) is 8.21. The maximum atomic E-state index is 11.6. The Morgan fingerprint density at radius 1 is 1.69 bits per heavy atom. The van der Waals surface area contributed by atoms with Gasteiger partial charge in [-0.15, -0.1) is 0 Å². The summed E-state index contributed by atoms with van der Waals surface area (Å²) in [5.41, 5.74) is 0. The fourth-order valence-electron chi connectivity index (χ4n) is 1.56. The summed E-state index contributed by atoms with van der Waals surface area (Å²) in [6.45, 7) is 5.52. The number of aliphatic hydroxyl groups is 1. The second-order valence-electron chi connectivity index (χ2n) is 3.83. The van der Waals surface area contributed by atoms with Crippen molar-refractivity contribution in [3.8, 4) is 0 Å². The van der Waals surface area contributed by atoms with Gasteiger partial charge in [0.1, 0.15) is 0 Å². The summed E-state index contributed by atoms with van der Waals surface area (Å²) in [4.78, 5) is 11.6. The van der Waals surface area contributed by atoms with Gasteiger partial charge < -0.3 is 15.7 Å². The zero-order chi connectivity index (χ0) is 9.84. The number of amides is 1. The Labute approximate surface area is 78.7 Å². The van der Waals surface area contributed by atoms with E-state index in [1.807, 2.05) is 0 Å². The van der Waals surface area contributed by atoms with Crippen LogP contribution in [0.4, 0.5) is 0 Å². The summed E-state index contributed by atoms with van der Waals surface area (Å²) in [5.74, 6) is 0.513. The van der Waals surface area contributed by atoms with Crippen LogP contribution < -0.4 is 10.6 Å². The quantitative estimate of drug-likeness (QED) is 0.548. The molecule has 0 bridgehead atoms. The first-order chi connectivity index (χ1) is 6.15. The molecule has 0 aromatic rings. The van der Waals surface area contributed by atoms with Gasteiger partial charge in [0.25, 0.3) is 0 Å². The number of carbonyl (C=O) groups is 1. The molecule has 0 spiro atoms. The number of aliphatic hydroxyl groups excluding tert-OH is 1. The summed E-state index contributed by atoms with van der Waals surface area (Å²) in [6.07, 6.45) is 0. The number of carbonyl (C=O) groups excluding carboxylic acids is 1. The summed E-state index contributed by atoms with van der Waals surface area (Å²) < 4.78 is 0. The Hall–Kier alpha value is -0.610. The first kappa shape index (κ1) is 10.5. The van der Waals surface area contributed by atoms with Crippen LogP contribution in [0, 0.1) is 11.8 Å². The number of hydrogen-bond donors (Lipinski definition) is 3. The minimum Gasteiger partial charge on any atom is -0.394 e. The van der Waals surface area contributed by atoms with E-state index in [-0.39, 0.29) is 24.5 Å². The molecule has 0 aromatic carbocycles. The lowest BCUT2D eigenvalue weighted by Crippen LogP contribution is -2.41. The first-order valence-corrected chi connectivity index (χ1v) is 4.77. The Balaban J connectivity index is 2.38. The van der Waals surface area contributed by atoms with E-state index in [0.29, 0.717) is 5.92 Å². The molecule has 0 saturated carbocycles. The average Bonchev–Trinajstić information content (AvgIpc) is 2.51. The third kappa shape index (κ3) is 2.67. The van der Waals surface area contributed by atoms with Gasteiger partial charge in [-0.1, -0.05) is 6.92 Å². The first-order valence-electron chi connectivity index (χ1n) is 4.77. The SMILES string of the molecule is C[C@H](CO)NC(=O)[C@@H]1CNC[C@H]1C. The van der Waals surface area contributed by atoms with E-state index in [1.54, 1.807) is 6.92 Å². The van der Waals surface area contributed by atoms with E-state index in [0.717, 1.165) is 13.1 Å². The van der Waals surface area contributed by atoms with E-state index in [2.05, 4.69) is 17.6 Å². The zero-order valence-electron chi connectivity index (χ0n) is 8.21. The smallest absolute Gasteiger partial charge is 0.225 e. The standard InChI is InChI=1S/C9H18N2O2/c1-6-3-10-4-8(6)9(13)11-7(2)5-12/h6-8,10,12H,3-5H2,1-2H3,(H,11,13)/t6-,7-,8-/m1/s1. The van der Waals surface area contributed by atoms with Crippen LogP contribution in [0.1, 0.15) is 13.8 Å². The predicted octanol–water partition coefficient (Wildman–Crippen LogP) is -0.661. The third-order valence-electron chi connectivity index (χ3n) is 2.52. The maximum Gasteiger partial charge on any atom is 0.225 e. The largest absolute Gasteiger partial charge is 0.394 e. The lowest BCUT2D eigenvalue weighted by atomic mass is 9.97. The van der Waals surface area contributed by atoms with Crippen LogP contribution in [0.5, 0.6) is 0 Å². The maximum absolute atomic E-state index is 11.6. The predicted molar refractivity (Wildman–Crippen MR) is 50.2 cm³/mol. The molecule has 1 saturated heterocycles. The summed E-state index contributed by atoms with van der Waals surface area (Å²) in [6, 6.07) is -0.139. The molecule has 76 valence electrons. The molecule has 4 nitrogen and oxygen atoms in total. The van der Waals surface area contributed by atoms with Crippen LogP contribution >= 0.6 is 0 Å². The van der Waals surface area contributed by atoms with Crippen molar-refractivity contribution in [1.29, 1.82) is 0 Å². The van der Waals surface area contributed by atoms with Crippen LogP contribution in [0.3, 0.4) is 0 Å². The van der Waals surface area contributed by atoms with Gasteiger partial charge in [0.15, 0.2) is 0 Å². The van der Waals surface area contributed by atoms with Gasteiger partial charge in [0, 0.05) is 12.6 Å². The summed E-state index contributed by atoms with van der Waals surface area (Å²) in [5, 5.41) is 14.7. The normalized spacial score (nSPS) is 30.1. The molecule has 1 aliphatic rings. The van der Waals surface area contributed by atoms with Gasteiger partial charge in [0.2, 0.25) is 5.91 Å². The van der Waals surface area contributed by atoms with Gasteiger partial charge in [-0.3, -0.25) is 4.79 Å². The van der Waals surface area contributed by atoms with E-state index in [1.165, 1.54) is 0 Å². The van der Waals surface area contributed by atoms with Crippen molar-refractivity contribution >= 4 is 5.91 Å². The Morgan fingerprint density at radius 3 is 2.85 bits per heavy atom. The van der Waals surface area contributed by atoms with Crippen molar-refractivity contribution in [2.45, 2.75) is 19.9 Å². The fraction of sp³-hybridized carbons (Fsp3) is 0.889. The summed E-state index contributed by atoms with van der Waals surface area (Å²) >= 11 is 0. The van der Waals surface area contributed by atoms with Gasteiger partial charge >= 0.3 is 0 Å². The van der Waals surface area contributed by atoms with Gasteiger partial charge in [0.05, 0.1) is 12.5 Å². The molecule has 4 heteroatoms. The number of hydrogen-bond acceptors (Lipinski definition) is 3. The molecular formula is C9H18N2O2. The lowest BCUT2D eigenvalue weighted by molar-refractivity contribution is -0.126. The van der Waals surface area contributed by atoms with Crippen molar-refractivity contribution < 1.29 is 9.90 Å². The number of nitrogens with one attached hydrogen (secondary N) is 2. The van der Waals surface area contributed by atoms with Crippen molar-refractivity contribution in [2.75, 3.05) is 19.7 Å². The molecule has 1 amide bonds. The van der Waals surface area contributed by atoms with Gasteiger partial charge in [-0.2, -0.15) is 0 Å². The fourth-order valence-corrected chi connectivity index (χ4v) is 1.56. The highest BCUT2D eigenvalue weighted by Crippen LogP contribution is 2.15. The van der Waals surface area contributed by atoms with Crippen LogP contribution in [0.2, 0.25) is 0 Å². The van der Waals surface area contributed by atoms with E-state index < -0.39 is 0 Å². The average molecular weight is 186 g/mol. The highest BCUT2D eigenvalue weighted by molar-refractivity contribution is 5.79. The third-order valence-corrected chi connectivity index (χ3v) is 2.52. The topological polar surface area (TPSA) is 61.4 Å². The van der Waals surface area contributed by atoms with Crippen LogP contribution in [0.25, 0.3) is 0 Å². The Kier molecular flexibility index (Phi) is 3.69. The van der Waals surface area contributed by atoms with Crippen LogP contribution in [-0.2, 0) is 4.79 Å². The van der Waals surface area contributed by atoms with Crippen LogP contribution in [0.15, 0.2) is 0 Å². The number of rotatable bonds is 3. The second kappa shape index (κ2) is 4.58. The highest BCUT2D eigenvalue weighted by atomic mass is 16.3. The molecule has 1 fully saturated rings. The molecular weight excluding hydrogens is 168 g/mol. The van der Waals surface area contributed by atoms with E-state index in [4.69, 9.17) is 5.11 Å². The van der Waals surface area contributed by atoms with Crippen molar-refractivity contribution in [1.82, 2.24) is 10.6 Å².